The molecule has 1 aromatic rings. The first-order valence-electron chi connectivity index (χ1n) is 8.76. The van der Waals surface area contributed by atoms with Crippen LogP contribution in [0.15, 0.2) is 18.2 Å². The number of benzene rings is 1. The number of rotatable bonds is 5. The molecule has 118 valence electrons. The maximum Gasteiger partial charge on any atom is 0.0400 e. The molecule has 0 spiro atoms. The largest absolute Gasteiger partial charge is 0.0839 e. The molecule has 1 heteroatoms. The molecule has 1 aliphatic carbocycles. The van der Waals surface area contributed by atoms with Crippen LogP contribution in [0.25, 0.3) is 0 Å². The van der Waals surface area contributed by atoms with E-state index in [4.69, 9.17) is 0 Å². The third-order valence-electron chi connectivity index (χ3n) is 5.00. The second kappa shape index (κ2) is 7.81. The van der Waals surface area contributed by atoms with Crippen molar-refractivity contribution in [2.45, 2.75) is 82.9 Å². The molecule has 0 radical (unpaired) electrons. The topological polar surface area (TPSA) is 0 Å². The van der Waals surface area contributed by atoms with Gasteiger partial charge in [-0.15, -0.1) is 0 Å². The van der Waals surface area contributed by atoms with E-state index in [9.17, 15) is 0 Å². The summed E-state index contributed by atoms with van der Waals surface area (Å²) in [5.41, 5.74) is 4.54. The summed E-state index contributed by atoms with van der Waals surface area (Å²) in [5, 5.41) is 0. The van der Waals surface area contributed by atoms with Crippen LogP contribution < -0.4 is 0 Å². The van der Waals surface area contributed by atoms with Crippen molar-refractivity contribution in [3.05, 3.63) is 34.9 Å². The molecule has 0 aromatic heterocycles. The molecule has 0 saturated heterocycles. The fraction of sp³-hybridized carbons (Fsp3) is 0.700. The maximum absolute atomic E-state index is 4.00. The summed E-state index contributed by atoms with van der Waals surface area (Å²) in [4.78, 5) is 0.527. The standard InChI is InChI=1S/C20H31Br/c1-14(2)17-10-11-18(19(13-17)15(3)4)20(21)12-16-8-6-5-7-9-16/h10-11,13-16,20H,5-9,12H2,1-4H3. The van der Waals surface area contributed by atoms with Gasteiger partial charge in [-0.05, 0) is 40.9 Å². The summed E-state index contributed by atoms with van der Waals surface area (Å²) in [7, 11) is 0. The summed E-state index contributed by atoms with van der Waals surface area (Å²) in [6.07, 6.45) is 8.50. The van der Waals surface area contributed by atoms with Crippen molar-refractivity contribution in [2.75, 3.05) is 0 Å². The predicted molar refractivity (Wildman–Crippen MR) is 97.5 cm³/mol. The first-order valence-corrected chi connectivity index (χ1v) is 9.68. The van der Waals surface area contributed by atoms with Crippen molar-refractivity contribution in [1.29, 1.82) is 0 Å². The van der Waals surface area contributed by atoms with Gasteiger partial charge in [0, 0.05) is 4.83 Å². The van der Waals surface area contributed by atoms with Gasteiger partial charge in [-0.1, -0.05) is 93.9 Å². The summed E-state index contributed by atoms with van der Waals surface area (Å²) < 4.78 is 0. The average Bonchev–Trinajstić information content (AvgIpc) is 2.47. The molecule has 0 nitrogen and oxygen atoms in total. The molecule has 0 N–H and O–H groups in total. The lowest BCUT2D eigenvalue weighted by molar-refractivity contribution is 0.338. The zero-order chi connectivity index (χ0) is 15.4. The van der Waals surface area contributed by atoms with Gasteiger partial charge in [0.05, 0.1) is 0 Å². The van der Waals surface area contributed by atoms with Crippen LogP contribution >= 0.6 is 15.9 Å². The van der Waals surface area contributed by atoms with E-state index in [1.807, 2.05) is 0 Å². The van der Waals surface area contributed by atoms with Gasteiger partial charge in [0.2, 0.25) is 0 Å². The number of hydrogen-bond acceptors (Lipinski definition) is 0. The van der Waals surface area contributed by atoms with Gasteiger partial charge in [0.1, 0.15) is 0 Å². The summed E-state index contributed by atoms with van der Waals surface area (Å²) in [5.74, 6) is 2.14. The highest BCUT2D eigenvalue weighted by molar-refractivity contribution is 9.09. The third kappa shape index (κ3) is 4.58. The van der Waals surface area contributed by atoms with Crippen molar-refractivity contribution in [3.8, 4) is 0 Å². The average molecular weight is 351 g/mol. The second-order valence-corrected chi connectivity index (χ2v) is 8.51. The van der Waals surface area contributed by atoms with E-state index in [1.165, 1.54) is 49.7 Å². The van der Waals surface area contributed by atoms with Gasteiger partial charge in [-0.2, -0.15) is 0 Å². The molecule has 0 heterocycles. The van der Waals surface area contributed by atoms with E-state index in [2.05, 4.69) is 61.8 Å². The summed E-state index contributed by atoms with van der Waals surface area (Å²) in [6, 6.07) is 7.16. The van der Waals surface area contributed by atoms with Crippen molar-refractivity contribution >= 4 is 15.9 Å². The van der Waals surface area contributed by atoms with Crippen molar-refractivity contribution < 1.29 is 0 Å². The highest BCUT2D eigenvalue weighted by atomic mass is 79.9. The Morgan fingerprint density at radius 1 is 0.952 bits per heavy atom. The van der Waals surface area contributed by atoms with Gasteiger partial charge in [-0.25, -0.2) is 0 Å². The molecule has 1 atom stereocenters. The van der Waals surface area contributed by atoms with E-state index < -0.39 is 0 Å². The van der Waals surface area contributed by atoms with Gasteiger partial charge in [-0.3, -0.25) is 0 Å². The molecule has 0 bridgehead atoms. The zero-order valence-electron chi connectivity index (χ0n) is 14.2. The Bertz CT molecular complexity index is 441. The molecular weight excluding hydrogens is 320 g/mol. The van der Waals surface area contributed by atoms with Crippen LogP contribution in [0.2, 0.25) is 0 Å². The first-order chi connectivity index (χ1) is 9.99. The number of alkyl halides is 1. The quantitative estimate of drug-likeness (QED) is 0.487. The van der Waals surface area contributed by atoms with Crippen molar-refractivity contribution in [1.82, 2.24) is 0 Å². The number of halogens is 1. The van der Waals surface area contributed by atoms with Crippen LogP contribution in [0.4, 0.5) is 0 Å². The van der Waals surface area contributed by atoms with E-state index in [1.54, 1.807) is 5.56 Å². The second-order valence-electron chi connectivity index (χ2n) is 7.41. The summed E-state index contributed by atoms with van der Waals surface area (Å²) in [6.45, 7) is 9.21. The Balaban J connectivity index is 2.16. The lowest BCUT2D eigenvalue weighted by atomic mass is 9.83. The molecule has 1 fully saturated rings. The van der Waals surface area contributed by atoms with Crippen LogP contribution in [0.3, 0.4) is 0 Å². The number of hydrogen-bond donors (Lipinski definition) is 0. The van der Waals surface area contributed by atoms with Crippen LogP contribution in [0.5, 0.6) is 0 Å². The van der Waals surface area contributed by atoms with Crippen LogP contribution in [0.1, 0.15) is 99.6 Å². The maximum atomic E-state index is 4.00. The minimum absolute atomic E-state index is 0.527. The lowest BCUT2D eigenvalue weighted by Crippen LogP contribution is -2.10. The fourth-order valence-electron chi connectivity index (χ4n) is 3.58. The molecule has 1 unspecified atom stereocenters. The van der Waals surface area contributed by atoms with Gasteiger partial charge in [0.15, 0.2) is 0 Å². The van der Waals surface area contributed by atoms with Gasteiger partial charge >= 0.3 is 0 Å². The predicted octanol–water partition coefficient (Wildman–Crippen LogP) is 7.34. The molecule has 0 amide bonds. The molecule has 1 saturated carbocycles. The van der Waals surface area contributed by atoms with Crippen molar-refractivity contribution in [2.24, 2.45) is 5.92 Å². The zero-order valence-corrected chi connectivity index (χ0v) is 15.7. The minimum Gasteiger partial charge on any atom is -0.0839 e. The molecule has 1 aromatic carbocycles. The fourth-order valence-corrected chi connectivity index (χ4v) is 4.53. The van der Waals surface area contributed by atoms with Crippen LogP contribution in [-0.2, 0) is 0 Å². The molecule has 1 aliphatic rings. The van der Waals surface area contributed by atoms with Gasteiger partial charge < -0.3 is 0 Å². The van der Waals surface area contributed by atoms with E-state index in [0.29, 0.717) is 16.7 Å². The highest BCUT2D eigenvalue weighted by Gasteiger charge is 2.21. The van der Waals surface area contributed by atoms with Gasteiger partial charge in [0.25, 0.3) is 0 Å². The van der Waals surface area contributed by atoms with E-state index in [-0.39, 0.29) is 0 Å². The Morgan fingerprint density at radius 3 is 2.19 bits per heavy atom. The molecule has 0 aliphatic heterocycles. The first kappa shape index (κ1) is 17.1. The minimum atomic E-state index is 0.527. The normalized spacial score (nSPS) is 18.4. The smallest absolute Gasteiger partial charge is 0.0400 e. The lowest BCUT2D eigenvalue weighted by Gasteiger charge is -2.26. The third-order valence-corrected chi connectivity index (χ3v) is 5.87. The Morgan fingerprint density at radius 2 is 1.62 bits per heavy atom. The Kier molecular flexibility index (Phi) is 6.34. The summed E-state index contributed by atoms with van der Waals surface area (Å²) >= 11 is 4.00. The monoisotopic (exact) mass is 350 g/mol. The SMILES string of the molecule is CC(C)c1ccc(C(Br)CC2CCCCC2)c(C(C)C)c1. The highest BCUT2D eigenvalue weighted by Crippen LogP contribution is 2.39. The van der Waals surface area contributed by atoms with Crippen LogP contribution in [-0.4, -0.2) is 0 Å². The van der Waals surface area contributed by atoms with E-state index in [0.717, 1.165) is 5.92 Å². The Labute approximate surface area is 139 Å². The van der Waals surface area contributed by atoms with Crippen LogP contribution in [0, 0.1) is 5.92 Å². The van der Waals surface area contributed by atoms with E-state index >= 15 is 0 Å². The molecule has 21 heavy (non-hydrogen) atoms. The van der Waals surface area contributed by atoms with Crippen molar-refractivity contribution in [3.63, 3.8) is 0 Å². The molecule has 2 rings (SSSR count). The molecular formula is C20H31Br. The Hall–Kier alpha value is -0.300.